The highest BCUT2D eigenvalue weighted by Gasteiger charge is 2.46. The normalized spacial score (nSPS) is 17.8. The first kappa shape index (κ1) is 63.9. The average molecular weight is 1170 g/mol. The fraction of sp³-hybridized carbons (Fsp3) is 0.559. The van der Waals surface area contributed by atoms with E-state index in [1.165, 1.54) is 34.2 Å². The van der Waals surface area contributed by atoms with Crippen LogP contribution in [0.1, 0.15) is 118 Å². The summed E-state index contributed by atoms with van der Waals surface area (Å²) in [6.45, 7) is 12.1. The first-order valence-corrected chi connectivity index (χ1v) is 28.8. The Labute approximate surface area is 490 Å². The number of likely N-dealkylation sites (N-methyl/N-ethyl adjacent to an activating group) is 1. The fourth-order valence-electron chi connectivity index (χ4n) is 10.6. The molecular formula is C59H81FN14O10. The topological polar surface area (TPSA) is 303 Å². The summed E-state index contributed by atoms with van der Waals surface area (Å²) in [6.07, 6.45) is 3.80. The maximum atomic E-state index is 14.8. The second kappa shape index (κ2) is 30.3. The molecule has 3 aliphatic heterocycles. The highest BCUT2D eigenvalue weighted by atomic mass is 19.1. The molecule has 0 saturated carbocycles. The number of ether oxygens (including phenoxy) is 4. The molecule has 0 unspecified atom stereocenters. The second-order valence-electron chi connectivity index (χ2n) is 22.2. The molecule has 5 heterocycles. The number of fused-ring (bicyclic) bond motifs is 8. The number of rotatable bonds is 27. The first-order valence-electron chi connectivity index (χ1n) is 28.8. The summed E-state index contributed by atoms with van der Waals surface area (Å²) in [5, 5.41) is 29.6. The number of likely N-dealkylation sites (tertiary alicyclic amines) is 1. The number of nitrogens with one attached hydrogen (secondary N) is 5. The minimum Gasteiger partial charge on any atom is -0.381 e. The van der Waals surface area contributed by atoms with Crippen molar-refractivity contribution in [2.24, 2.45) is 5.41 Å². The Morgan fingerprint density at radius 1 is 0.929 bits per heavy atom. The van der Waals surface area contributed by atoms with Crippen molar-refractivity contribution in [2.45, 2.75) is 122 Å². The maximum absolute atomic E-state index is 14.8. The molecule has 454 valence electrons. The van der Waals surface area contributed by atoms with Crippen LogP contribution >= 0.6 is 0 Å². The van der Waals surface area contributed by atoms with Gasteiger partial charge in [0.25, 0.3) is 5.91 Å². The zero-order valence-electron chi connectivity index (χ0n) is 49.2. The van der Waals surface area contributed by atoms with Crippen LogP contribution in [0.15, 0.2) is 54.7 Å². The van der Waals surface area contributed by atoms with Crippen LogP contribution in [-0.2, 0) is 56.0 Å². The van der Waals surface area contributed by atoms with Gasteiger partial charge < -0.3 is 66.0 Å². The van der Waals surface area contributed by atoms with Gasteiger partial charge in [-0.1, -0.05) is 58.0 Å². The summed E-state index contributed by atoms with van der Waals surface area (Å²) >= 11 is 0. The molecule has 4 aromatic rings. The van der Waals surface area contributed by atoms with E-state index in [0.717, 1.165) is 12.0 Å². The number of aromatic nitrogens is 4. The number of benzene rings is 2. The molecule has 6 atom stereocenters. The minimum atomic E-state index is -0.939. The van der Waals surface area contributed by atoms with Crippen LogP contribution in [0.3, 0.4) is 0 Å². The molecule has 2 saturated heterocycles. The van der Waals surface area contributed by atoms with Crippen molar-refractivity contribution in [3.05, 3.63) is 88.6 Å². The van der Waals surface area contributed by atoms with Gasteiger partial charge in [-0.2, -0.15) is 10.4 Å². The standard InChI is InChI=1S/C59H81FN14O10/c1-8-43(38-13-10-9-11-14-38)68-56(78)47-32-40(35-73(47)58(80)52(59(3,4)5)69-55(77)37(2)63-6)66-50(76)19-24-82-26-28-84-30-29-83-27-25-81-23-18-49(75)64-20-22-74-48-36-71(7)57(79)41-17-16-39(60)31-42(41)46-15-12-21-72(46)54-53(62)65-34-45(67-54)51(48)44(33-61)70-74/h9-11,13-14,16-17,31,34,37,40,43,46-47,52,63H,8,12,15,18-30,32,35-36H2,1-7H3,(H2,62,65)(H,64,75)(H,66,76)(H,68,78)(H,69,77)/t37-,40-,43+,46-,47-,52+/m1/s1. The summed E-state index contributed by atoms with van der Waals surface area (Å²) < 4.78 is 38.8. The van der Waals surface area contributed by atoms with Crippen LogP contribution in [0, 0.1) is 22.6 Å². The third kappa shape index (κ3) is 16.6. The first-order chi connectivity index (χ1) is 40.3. The zero-order valence-corrected chi connectivity index (χ0v) is 49.2. The Bertz CT molecular complexity index is 2970. The van der Waals surface area contributed by atoms with Gasteiger partial charge in [-0.05, 0) is 74.4 Å². The Kier molecular flexibility index (Phi) is 23.0. The molecule has 3 aliphatic rings. The van der Waals surface area contributed by atoms with E-state index in [4.69, 9.17) is 29.7 Å². The van der Waals surface area contributed by atoms with Crippen LogP contribution in [0.2, 0.25) is 0 Å². The number of hydrogen-bond acceptors (Lipinski definition) is 17. The van der Waals surface area contributed by atoms with Gasteiger partial charge in [-0.25, -0.2) is 14.4 Å². The van der Waals surface area contributed by atoms with Crippen molar-refractivity contribution >= 4 is 47.1 Å². The van der Waals surface area contributed by atoms with Crippen molar-refractivity contribution in [3.63, 3.8) is 0 Å². The van der Waals surface area contributed by atoms with Crippen LogP contribution in [0.4, 0.5) is 16.0 Å². The van der Waals surface area contributed by atoms with E-state index in [0.29, 0.717) is 66.5 Å². The van der Waals surface area contributed by atoms with Gasteiger partial charge in [0, 0.05) is 51.1 Å². The second-order valence-corrected chi connectivity index (χ2v) is 22.2. The fourth-order valence-corrected chi connectivity index (χ4v) is 10.6. The summed E-state index contributed by atoms with van der Waals surface area (Å²) in [6, 6.07) is 12.3. The number of amides is 6. The van der Waals surface area contributed by atoms with E-state index >= 15 is 0 Å². The van der Waals surface area contributed by atoms with Gasteiger partial charge in [0.2, 0.25) is 29.5 Å². The average Bonchev–Trinajstić information content (AvgIpc) is 2.41. The van der Waals surface area contributed by atoms with Crippen LogP contribution in [-0.4, -0.2) is 176 Å². The van der Waals surface area contributed by atoms with Gasteiger partial charge in [0.1, 0.15) is 24.0 Å². The van der Waals surface area contributed by atoms with Crippen molar-refractivity contribution in [2.75, 3.05) is 97.2 Å². The number of nitrogens with two attached hydrogens (primary N) is 1. The third-order valence-electron chi connectivity index (χ3n) is 15.2. The Morgan fingerprint density at radius 2 is 1.60 bits per heavy atom. The molecule has 6 amide bonds. The number of nitrogen functional groups attached to an aromatic ring is 1. The van der Waals surface area contributed by atoms with Gasteiger partial charge in [0.05, 0.1) is 107 Å². The Morgan fingerprint density at radius 3 is 2.24 bits per heavy atom. The van der Waals surface area contributed by atoms with E-state index in [1.807, 2.05) is 62.9 Å². The molecule has 84 heavy (non-hydrogen) atoms. The highest BCUT2D eigenvalue weighted by Crippen LogP contribution is 2.41. The number of halogens is 1. The maximum Gasteiger partial charge on any atom is 0.254 e. The van der Waals surface area contributed by atoms with Gasteiger partial charge in [-0.15, -0.1) is 0 Å². The lowest BCUT2D eigenvalue weighted by Crippen LogP contribution is -2.59. The third-order valence-corrected chi connectivity index (χ3v) is 15.2. The number of nitrogens with zero attached hydrogens (tertiary/aromatic N) is 8. The molecule has 2 fully saturated rings. The van der Waals surface area contributed by atoms with E-state index in [9.17, 15) is 38.4 Å². The minimum absolute atomic E-state index is 0.0138. The molecule has 7 rings (SSSR count). The van der Waals surface area contributed by atoms with Gasteiger partial charge in [0.15, 0.2) is 17.3 Å². The predicted molar refractivity (Wildman–Crippen MR) is 309 cm³/mol. The van der Waals surface area contributed by atoms with Crippen LogP contribution < -0.4 is 37.2 Å². The van der Waals surface area contributed by atoms with E-state index in [-0.39, 0.29) is 138 Å². The Balaban J connectivity index is 0.785. The van der Waals surface area contributed by atoms with Crippen molar-refractivity contribution in [1.82, 2.24) is 56.1 Å². The van der Waals surface area contributed by atoms with Crippen LogP contribution in [0.5, 0.6) is 0 Å². The van der Waals surface area contributed by atoms with E-state index in [2.05, 4.69) is 42.7 Å². The summed E-state index contributed by atoms with van der Waals surface area (Å²) in [5.74, 6) is -1.94. The quantitative estimate of drug-likeness (QED) is 0.0467. The summed E-state index contributed by atoms with van der Waals surface area (Å²) in [5.41, 5.74) is 8.79. The lowest BCUT2D eigenvalue weighted by molar-refractivity contribution is -0.144. The zero-order chi connectivity index (χ0) is 60.5. The molecule has 7 N–H and O–H groups in total. The molecule has 25 heteroatoms. The SMILES string of the molecule is CC[C@H](NC(=O)[C@H]1C[C@@H](NC(=O)CCOCCOCCOCCOCCC(=O)NCCn2nc(C#N)c3c2CN(C)C(=O)c2ccc(F)cc2[C@H]2CCCN2c2nc-3cnc2N)CN1C(=O)[C@H](NC(=O)[C@@H](C)NC)C(C)(C)C)c1ccccc1. The number of nitriles is 1. The smallest absolute Gasteiger partial charge is 0.254 e. The molecule has 0 aliphatic carbocycles. The number of carbonyl (C=O) groups excluding carboxylic acids is 6. The molecule has 0 spiro atoms. The van der Waals surface area contributed by atoms with Crippen molar-refractivity contribution in [1.29, 1.82) is 5.26 Å². The molecule has 2 aromatic heterocycles. The van der Waals surface area contributed by atoms with E-state index < -0.39 is 41.3 Å². The van der Waals surface area contributed by atoms with Crippen molar-refractivity contribution < 1.29 is 52.1 Å². The number of carbonyl (C=O) groups is 6. The Hall–Kier alpha value is -7.63. The highest BCUT2D eigenvalue weighted by molar-refractivity contribution is 5.96. The number of anilines is 2. The monoisotopic (exact) mass is 1160 g/mol. The predicted octanol–water partition coefficient (Wildman–Crippen LogP) is 3.31. The molecular weight excluding hydrogens is 1080 g/mol. The van der Waals surface area contributed by atoms with E-state index in [1.54, 1.807) is 25.7 Å². The molecule has 2 aromatic carbocycles. The number of hydrogen-bond donors (Lipinski definition) is 6. The largest absolute Gasteiger partial charge is 0.381 e. The lowest BCUT2D eigenvalue weighted by Gasteiger charge is -2.36. The van der Waals surface area contributed by atoms with Gasteiger partial charge >= 0.3 is 0 Å². The van der Waals surface area contributed by atoms with Crippen LogP contribution in [0.25, 0.3) is 11.3 Å². The summed E-state index contributed by atoms with van der Waals surface area (Å²) in [4.78, 5) is 95.7. The molecule has 24 nitrogen and oxygen atoms in total. The van der Waals surface area contributed by atoms with Gasteiger partial charge in [-0.3, -0.25) is 33.4 Å². The lowest BCUT2D eigenvalue weighted by atomic mass is 9.85. The van der Waals surface area contributed by atoms with Crippen molar-refractivity contribution in [3.8, 4) is 17.3 Å². The molecule has 2 bridgehead atoms. The molecule has 0 radical (unpaired) electrons. The summed E-state index contributed by atoms with van der Waals surface area (Å²) in [7, 11) is 3.28.